The molecule has 0 radical (unpaired) electrons. The molecule has 1 aromatic heterocycles. The minimum absolute atomic E-state index is 0.167. The quantitative estimate of drug-likeness (QED) is 0.681. The minimum Gasteiger partial charge on any atom is -0.374 e. The number of aromatic nitrogens is 1. The van der Waals surface area contributed by atoms with Crippen LogP contribution in [0.2, 0.25) is 0 Å². The maximum Gasteiger partial charge on any atom is 0.175 e. The summed E-state index contributed by atoms with van der Waals surface area (Å²) in [5.74, 6) is 0. The number of nitrogens with one attached hydrogen (secondary N) is 1. The van der Waals surface area contributed by atoms with Crippen LogP contribution in [0.25, 0.3) is 0 Å². The summed E-state index contributed by atoms with van der Waals surface area (Å²) in [6, 6.07) is 19.3. The molecule has 3 aromatic rings. The standard InChI is InChI=1S/C22H24N2O2S/c1-4-17-8-10-18(11-9-17)22(24-20-12-13-23-16(2)14-20)19-6-5-7-21(15-19)27(3,25)26/h5-15,22H,4H2,1-3H3,(H,23,24). The third kappa shape index (κ3) is 4.74. The summed E-state index contributed by atoms with van der Waals surface area (Å²) in [6.45, 7) is 4.07. The van der Waals surface area contributed by atoms with Crippen molar-refractivity contribution in [2.24, 2.45) is 0 Å². The Labute approximate surface area is 161 Å². The fourth-order valence-corrected chi connectivity index (χ4v) is 3.71. The Kier molecular flexibility index (Phi) is 5.61. The van der Waals surface area contributed by atoms with Crippen LogP contribution in [-0.2, 0) is 16.3 Å². The van der Waals surface area contributed by atoms with E-state index in [0.29, 0.717) is 4.90 Å². The molecule has 0 aliphatic carbocycles. The van der Waals surface area contributed by atoms with Crippen LogP contribution in [0, 0.1) is 6.92 Å². The number of anilines is 1. The molecule has 0 fully saturated rings. The first-order chi connectivity index (χ1) is 12.9. The molecule has 27 heavy (non-hydrogen) atoms. The van der Waals surface area contributed by atoms with E-state index >= 15 is 0 Å². The number of rotatable bonds is 6. The van der Waals surface area contributed by atoms with Gasteiger partial charge in [-0.25, -0.2) is 8.42 Å². The van der Waals surface area contributed by atoms with E-state index in [0.717, 1.165) is 28.9 Å². The first-order valence-electron chi connectivity index (χ1n) is 8.95. The molecule has 0 saturated carbocycles. The monoisotopic (exact) mass is 380 g/mol. The molecule has 1 unspecified atom stereocenters. The molecular weight excluding hydrogens is 356 g/mol. The second-order valence-corrected chi connectivity index (χ2v) is 8.72. The number of sulfone groups is 1. The van der Waals surface area contributed by atoms with Gasteiger partial charge >= 0.3 is 0 Å². The predicted molar refractivity (Wildman–Crippen MR) is 110 cm³/mol. The molecule has 2 aromatic carbocycles. The van der Waals surface area contributed by atoms with E-state index in [1.54, 1.807) is 24.4 Å². The van der Waals surface area contributed by atoms with Gasteiger partial charge in [-0.05, 0) is 54.3 Å². The van der Waals surface area contributed by atoms with Crippen LogP contribution in [-0.4, -0.2) is 19.7 Å². The maximum atomic E-state index is 12.0. The third-order valence-electron chi connectivity index (χ3n) is 4.55. The normalized spacial score (nSPS) is 12.6. The van der Waals surface area contributed by atoms with Gasteiger partial charge in [0.1, 0.15) is 0 Å². The van der Waals surface area contributed by atoms with E-state index in [9.17, 15) is 8.42 Å². The largest absolute Gasteiger partial charge is 0.374 e. The van der Waals surface area contributed by atoms with Gasteiger partial charge in [-0.3, -0.25) is 4.98 Å². The Balaban J connectivity index is 2.06. The summed E-state index contributed by atoms with van der Waals surface area (Å²) < 4.78 is 24.0. The fraction of sp³-hybridized carbons (Fsp3) is 0.227. The number of pyridine rings is 1. The molecule has 1 N–H and O–H groups in total. The van der Waals surface area contributed by atoms with Gasteiger partial charge in [0.15, 0.2) is 9.84 Å². The summed E-state index contributed by atoms with van der Waals surface area (Å²) >= 11 is 0. The molecule has 5 heteroatoms. The summed E-state index contributed by atoms with van der Waals surface area (Å²) in [5, 5.41) is 3.53. The molecule has 1 atom stereocenters. The summed E-state index contributed by atoms with van der Waals surface area (Å²) in [5.41, 5.74) is 5.10. The van der Waals surface area contributed by atoms with E-state index in [1.165, 1.54) is 11.8 Å². The van der Waals surface area contributed by atoms with Gasteiger partial charge in [-0.1, -0.05) is 43.3 Å². The number of hydrogen-bond donors (Lipinski definition) is 1. The zero-order valence-electron chi connectivity index (χ0n) is 15.8. The Morgan fingerprint density at radius 1 is 1.00 bits per heavy atom. The van der Waals surface area contributed by atoms with E-state index in [2.05, 4.69) is 41.5 Å². The Morgan fingerprint density at radius 3 is 2.37 bits per heavy atom. The van der Waals surface area contributed by atoms with E-state index in [-0.39, 0.29) is 6.04 Å². The van der Waals surface area contributed by atoms with Crippen molar-refractivity contribution in [3.63, 3.8) is 0 Å². The van der Waals surface area contributed by atoms with Crippen LogP contribution < -0.4 is 5.32 Å². The van der Waals surface area contributed by atoms with E-state index in [4.69, 9.17) is 0 Å². The lowest BCUT2D eigenvalue weighted by Gasteiger charge is -2.22. The molecule has 4 nitrogen and oxygen atoms in total. The summed E-state index contributed by atoms with van der Waals surface area (Å²) in [4.78, 5) is 4.56. The van der Waals surface area contributed by atoms with Crippen LogP contribution in [0.15, 0.2) is 71.8 Å². The van der Waals surface area contributed by atoms with Crippen molar-refractivity contribution >= 4 is 15.5 Å². The van der Waals surface area contributed by atoms with Crippen molar-refractivity contribution in [1.29, 1.82) is 0 Å². The molecule has 0 aliphatic heterocycles. The highest BCUT2D eigenvalue weighted by atomic mass is 32.2. The molecule has 140 valence electrons. The Bertz CT molecular complexity index is 1030. The Morgan fingerprint density at radius 2 is 1.74 bits per heavy atom. The van der Waals surface area contributed by atoms with Crippen molar-refractivity contribution in [3.8, 4) is 0 Å². The number of nitrogens with zero attached hydrogens (tertiary/aromatic N) is 1. The molecular formula is C22H24N2O2S. The number of benzene rings is 2. The van der Waals surface area contributed by atoms with Gasteiger partial charge in [0.25, 0.3) is 0 Å². The lowest BCUT2D eigenvalue weighted by atomic mass is 9.97. The van der Waals surface area contributed by atoms with Crippen molar-refractivity contribution in [2.75, 3.05) is 11.6 Å². The average Bonchev–Trinajstić information content (AvgIpc) is 2.66. The predicted octanol–water partition coefficient (Wildman–Crippen LogP) is 4.56. The van der Waals surface area contributed by atoms with Gasteiger partial charge in [0, 0.05) is 23.8 Å². The minimum atomic E-state index is -3.27. The van der Waals surface area contributed by atoms with E-state index in [1.807, 2.05) is 25.1 Å². The van der Waals surface area contributed by atoms with Crippen LogP contribution in [0.5, 0.6) is 0 Å². The molecule has 3 rings (SSSR count). The van der Waals surface area contributed by atoms with Crippen LogP contribution >= 0.6 is 0 Å². The zero-order valence-corrected chi connectivity index (χ0v) is 16.6. The Hall–Kier alpha value is -2.66. The molecule has 0 aliphatic rings. The van der Waals surface area contributed by atoms with Gasteiger partial charge in [-0.2, -0.15) is 0 Å². The maximum absolute atomic E-state index is 12.0. The lowest BCUT2D eigenvalue weighted by molar-refractivity contribution is 0.601. The van der Waals surface area contributed by atoms with Crippen molar-refractivity contribution in [2.45, 2.75) is 31.2 Å². The summed E-state index contributed by atoms with van der Waals surface area (Å²) in [6.07, 6.45) is 3.98. The molecule has 0 amide bonds. The zero-order chi connectivity index (χ0) is 19.4. The number of aryl methyl sites for hydroxylation is 2. The first kappa shape index (κ1) is 19.1. The molecule has 0 spiro atoms. The van der Waals surface area contributed by atoms with Crippen LogP contribution in [0.1, 0.15) is 35.3 Å². The van der Waals surface area contributed by atoms with Gasteiger partial charge < -0.3 is 5.32 Å². The lowest BCUT2D eigenvalue weighted by Crippen LogP contribution is -2.13. The smallest absolute Gasteiger partial charge is 0.175 e. The number of hydrogen-bond acceptors (Lipinski definition) is 4. The highest BCUT2D eigenvalue weighted by Crippen LogP contribution is 2.28. The third-order valence-corrected chi connectivity index (χ3v) is 5.66. The second-order valence-electron chi connectivity index (χ2n) is 6.70. The molecule has 0 saturated heterocycles. The van der Waals surface area contributed by atoms with Crippen molar-refractivity contribution in [3.05, 3.63) is 89.2 Å². The second kappa shape index (κ2) is 7.92. The van der Waals surface area contributed by atoms with Gasteiger partial charge in [-0.15, -0.1) is 0 Å². The van der Waals surface area contributed by atoms with Crippen LogP contribution in [0.4, 0.5) is 5.69 Å². The first-order valence-corrected chi connectivity index (χ1v) is 10.8. The topological polar surface area (TPSA) is 59.1 Å². The highest BCUT2D eigenvalue weighted by molar-refractivity contribution is 7.90. The molecule has 1 heterocycles. The SMILES string of the molecule is CCc1ccc(C(Nc2ccnc(C)c2)c2cccc(S(C)(=O)=O)c2)cc1. The van der Waals surface area contributed by atoms with Crippen molar-refractivity contribution in [1.82, 2.24) is 4.98 Å². The van der Waals surface area contributed by atoms with Crippen LogP contribution in [0.3, 0.4) is 0 Å². The highest BCUT2D eigenvalue weighted by Gasteiger charge is 2.17. The fourth-order valence-electron chi connectivity index (χ4n) is 3.03. The van der Waals surface area contributed by atoms with E-state index < -0.39 is 9.84 Å². The van der Waals surface area contributed by atoms with Gasteiger partial charge in [0.2, 0.25) is 0 Å². The summed E-state index contributed by atoms with van der Waals surface area (Å²) in [7, 11) is -3.27. The average molecular weight is 381 g/mol. The molecule has 0 bridgehead atoms. The van der Waals surface area contributed by atoms with Crippen molar-refractivity contribution < 1.29 is 8.42 Å². The van der Waals surface area contributed by atoms with Gasteiger partial charge in [0.05, 0.1) is 10.9 Å².